The van der Waals surface area contributed by atoms with Gasteiger partial charge in [-0.3, -0.25) is 4.79 Å². The second-order valence-corrected chi connectivity index (χ2v) is 7.56. The van der Waals surface area contributed by atoms with Gasteiger partial charge in [-0.15, -0.1) is 0 Å². The largest absolute Gasteiger partial charge is 0.495 e. The van der Waals surface area contributed by atoms with Gasteiger partial charge in [-0.1, -0.05) is 54.2 Å². The molecule has 6 heteroatoms. The van der Waals surface area contributed by atoms with Crippen molar-refractivity contribution >= 4 is 23.4 Å². The van der Waals surface area contributed by atoms with E-state index in [1.54, 1.807) is 7.11 Å². The summed E-state index contributed by atoms with van der Waals surface area (Å²) in [6, 6.07) is 17.6. The van der Waals surface area contributed by atoms with Crippen molar-refractivity contribution < 1.29 is 9.53 Å². The number of amides is 1. The average molecular weight is 382 g/mol. The Bertz CT molecular complexity index is 909. The summed E-state index contributed by atoms with van der Waals surface area (Å²) < 4.78 is 5.28. The zero-order chi connectivity index (χ0) is 19.2. The zero-order valence-electron chi connectivity index (χ0n) is 15.7. The molecule has 0 aliphatic rings. The Kier molecular flexibility index (Phi) is 6.19. The van der Waals surface area contributed by atoms with Crippen LogP contribution in [0.15, 0.2) is 59.8 Å². The highest BCUT2D eigenvalue weighted by Crippen LogP contribution is 2.27. The van der Waals surface area contributed by atoms with Crippen molar-refractivity contribution in [1.82, 2.24) is 9.97 Å². The lowest BCUT2D eigenvalue weighted by Crippen LogP contribution is -2.22. The molecule has 0 spiro atoms. The third-order valence-corrected chi connectivity index (χ3v) is 5.18. The molecule has 140 valence electrons. The molecule has 3 aromatic rings. The highest BCUT2D eigenvalue weighted by atomic mass is 32.2. The molecule has 0 bridgehead atoms. The summed E-state index contributed by atoms with van der Waals surface area (Å²) in [5.74, 6) is 0.546. The lowest BCUT2D eigenvalue weighted by atomic mass is 10.1. The van der Waals surface area contributed by atoms with Crippen LogP contribution < -0.4 is 10.1 Å². The van der Waals surface area contributed by atoms with Gasteiger partial charge in [-0.05, 0) is 31.5 Å². The fourth-order valence-electron chi connectivity index (χ4n) is 2.69. The first-order valence-corrected chi connectivity index (χ1v) is 9.64. The minimum atomic E-state index is -0.301. The Balaban J connectivity index is 1.64. The number of H-pyrrole nitrogens is 1. The molecule has 0 saturated carbocycles. The molecular weight excluding hydrogens is 358 g/mol. The molecule has 1 heterocycles. The van der Waals surface area contributed by atoms with Crippen molar-refractivity contribution in [3.8, 4) is 5.75 Å². The first kappa shape index (κ1) is 19.0. The smallest absolute Gasteiger partial charge is 0.237 e. The predicted octanol–water partition coefficient (Wildman–Crippen LogP) is 4.44. The molecule has 5 nitrogen and oxygen atoms in total. The van der Waals surface area contributed by atoms with Gasteiger partial charge in [0.25, 0.3) is 0 Å². The lowest BCUT2D eigenvalue weighted by molar-refractivity contribution is -0.115. The van der Waals surface area contributed by atoms with E-state index in [0.29, 0.717) is 11.4 Å². The summed E-state index contributed by atoms with van der Waals surface area (Å²) in [4.78, 5) is 20.5. The Labute approximate surface area is 163 Å². The van der Waals surface area contributed by atoms with E-state index in [-0.39, 0.29) is 11.2 Å². The fourth-order valence-corrected chi connectivity index (χ4v) is 3.56. The SMILES string of the molecule is COc1ccccc1NC(=O)C(C)Sc1nc(Cc2ccccc2)c(C)[nH]1. The molecular formula is C21H23N3O2S. The van der Waals surface area contributed by atoms with Crippen LogP contribution in [0.3, 0.4) is 0 Å². The molecule has 1 aromatic heterocycles. The Morgan fingerprint density at radius 1 is 1.19 bits per heavy atom. The van der Waals surface area contributed by atoms with Gasteiger partial charge >= 0.3 is 0 Å². The quantitative estimate of drug-likeness (QED) is 0.594. The van der Waals surface area contributed by atoms with Gasteiger partial charge in [0.15, 0.2) is 5.16 Å². The molecule has 0 fully saturated rings. The lowest BCUT2D eigenvalue weighted by Gasteiger charge is -2.13. The van der Waals surface area contributed by atoms with Gasteiger partial charge in [0.2, 0.25) is 5.91 Å². The molecule has 0 aliphatic heterocycles. The summed E-state index contributed by atoms with van der Waals surface area (Å²) in [6.07, 6.45) is 0.769. The molecule has 0 radical (unpaired) electrons. The van der Waals surface area contributed by atoms with Crippen LogP contribution in [0.1, 0.15) is 23.9 Å². The molecule has 1 atom stereocenters. The van der Waals surface area contributed by atoms with Crippen LogP contribution in [-0.4, -0.2) is 28.2 Å². The minimum absolute atomic E-state index is 0.0943. The number of ether oxygens (including phenoxy) is 1. The maximum Gasteiger partial charge on any atom is 0.237 e. The number of carbonyl (C=O) groups is 1. The van der Waals surface area contributed by atoms with Crippen molar-refractivity contribution in [2.24, 2.45) is 0 Å². The second-order valence-electron chi connectivity index (χ2n) is 6.23. The van der Waals surface area contributed by atoms with Crippen LogP contribution in [0.4, 0.5) is 5.69 Å². The van der Waals surface area contributed by atoms with E-state index in [0.717, 1.165) is 23.0 Å². The normalized spacial score (nSPS) is 11.8. The molecule has 27 heavy (non-hydrogen) atoms. The summed E-state index contributed by atoms with van der Waals surface area (Å²) in [7, 11) is 1.59. The second kappa shape index (κ2) is 8.77. The van der Waals surface area contributed by atoms with E-state index < -0.39 is 0 Å². The first-order chi connectivity index (χ1) is 13.1. The monoisotopic (exact) mass is 381 g/mol. The Hall–Kier alpha value is -2.73. The summed E-state index contributed by atoms with van der Waals surface area (Å²) in [6.45, 7) is 3.87. The molecule has 0 aliphatic carbocycles. The molecule has 2 aromatic carbocycles. The number of rotatable bonds is 7. The fraction of sp³-hybridized carbons (Fsp3) is 0.238. The van der Waals surface area contributed by atoms with Crippen LogP contribution in [0, 0.1) is 6.92 Å². The Morgan fingerprint density at radius 3 is 2.63 bits per heavy atom. The molecule has 1 amide bonds. The number of hydrogen-bond donors (Lipinski definition) is 2. The average Bonchev–Trinajstić information content (AvgIpc) is 3.01. The number of nitrogens with zero attached hydrogens (tertiary/aromatic N) is 1. The number of methoxy groups -OCH3 is 1. The van der Waals surface area contributed by atoms with E-state index in [1.165, 1.54) is 17.3 Å². The number of aromatic nitrogens is 2. The van der Waals surface area contributed by atoms with Gasteiger partial charge in [-0.2, -0.15) is 0 Å². The number of nitrogens with one attached hydrogen (secondary N) is 2. The number of benzene rings is 2. The minimum Gasteiger partial charge on any atom is -0.495 e. The first-order valence-electron chi connectivity index (χ1n) is 8.76. The van der Waals surface area contributed by atoms with Gasteiger partial charge in [0, 0.05) is 12.1 Å². The van der Waals surface area contributed by atoms with Gasteiger partial charge in [-0.25, -0.2) is 4.98 Å². The van der Waals surface area contributed by atoms with Crippen LogP contribution >= 0.6 is 11.8 Å². The van der Waals surface area contributed by atoms with Crippen molar-refractivity contribution in [2.75, 3.05) is 12.4 Å². The van der Waals surface area contributed by atoms with E-state index >= 15 is 0 Å². The van der Waals surface area contributed by atoms with Crippen LogP contribution in [0.25, 0.3) is 0 Å². The number of thioether (sulfide) groups is 1. The molecule has 3 rings (SSSR count). The maximum atomic E-state index is 12.5. The highest BCUT2D eigenvalue weighted by Gasteiger charge is 2.18. The standard InChI is InChI=1S/C21H23N3O2S/c1-14-18(13-16-9-5-4-6-10-16)24-21(22-14)27-15(2)20(25)23-17-11-7-8-12-19(17)26-3/h4-12,15H,13H2,1-3H3,(H,22,24)(H,23,25). The van der Waals surface area contributed by atoms with E-state index in [4.69, 9.17) is 4.74 Å². The van der Waals surface area contributed by atoms with Crippen molar-refractivity contribution in [3.63, 3.8) is 0 Å². The highest BCUT2D eigenvalue weighted by molar-refractivity contribution is 8.00. The number of aromatic amines is 1. The number of hydrogen-bond acceptors (Lipinski definition) is 4. The maximum absolute atomic E-state index is 12.5. The summed E-state index contributed by atoms with van der Waals surface area (Å²) >= 11 is 1.41. The molecule has 1 unspecified atom stereocenters. The van der Waals surface area contributed by atoms with E-state index in [1.807, 2.05) is 56.3 Å². The van der Waals surface area contributed by atoms with E-state index in [2.05, 4.69) is 27.4 Å². The molecule has 2 N–H and O–H groups in total. The van der Waals surface area contributed by atoms with Crippen LogP contribution in [0.5, 0.6) is 5.75 Å². The van der Waals surface area contributed by atoms with E-state index in [9.17, 15) is 4.79 Å². The van der Waals surface area contributed by atoms with Gasteiger partial charge in [0.05, 0.1) is 23.7 Å². The topological polar surface area (TPSA) is 67.0 Å². The third kappa shape index (κ3) is 4.92. The van der Waals surface area contributed by atoms with Gasteiger partial charge in [0.1, 0.15) is 5.75 Å². The number of carbonyl (C=O) groups excluding carboxylic acids is 1. The number of imidazole rings is 1. The predicted molar refractivity (Wildman–Crippen MR) is 110 cm³/mol. The van der Waals surface area contributed by atoms with Crippen molar-refractivity contribution in [2.45, 2.75) is 30.7 Å². The molecule has 0 saturated heterocycles. The third-order valence-electron chi connectivity index (χ3n) is 4.20. The van der Waals surface area contributed by atoms with Crippen molar-refractivity contribution in [3.05, 3.63) is 71.5 Å². The van der Waals surface area contributed by atoms with Gasteiger partial charge < -0.3 is 15.0 Å². The zero-order valence-corrected chi connectivity index (χ0v) is 16.5. The Morgan fingerprint density at radius 2 is 1.89 bits per heavy atom. The number of para-hydroxylation sites is 2. The number of anilines is 1. The van der Waals surface area contributed by atoms with Crippen molar-refractivity contribution in [1.29, 1.82) is 0 Å². The summed E-state index contributed by atoms with van der Waals surface area (Å²) in [5, 5.41) is 3.37. The van der Waals surface area contributed by atoms with Crippen LogP contribution in [0.2, 0.25) is 0 Å². The number of aryl methyl sites for hydroxylation is 1. The van der Waals surface area contributed by atoms with Crippen LogP contribution in [-0.2, 0) is 11.2 Å². The summed E-state index contributed by atoms with van der Waals surface area (Å²) in [5.41, 5.74) is 3.91.